The van der Waals surface area contributed by atoms with Gasteiger partial charge in [0.2, 0.25) is 0 Å². The number of hydrogen-bond acceptors (Lipinski definition) is 5. The predicted octanol–water partition coefficient (Wildman–Crippen LogP) is 3.90. The van der Waals surface area contributed by atoms with Crippen LogP contribution in [-0.4, -0.2) is 33.5 Å². The number of rotatable bonds is 10. The van der Waals surface area contributed by atoms with Gasteiger partial charge in [-0.25, -0.2) is 0 Å². The Bertz CT molecular complexity index is 793. The molecule has 5 heteroatoms. The lowest BCUT2D eigenvalue weighted by molar-refractivity contribution is 0.158. The second-order valence-corrected chi connectivity index (χ2v) is 6.67. The molecule has 0 saturated heterocycles. The van der Waals surface area contributed by atoms with Crippen molar-refractivity contribution in [1.82, 2.24) is 5.32 Å². The molecule has 28 heavy (non-hydrogen) atoms. The molecule has 1 aliphatic rings. The van der Waals surface area contributed by atoms with Crippen LogP contribution in [0.3, 0.4) is 0 Å². The van der Waals surface area contributed by atoms with Gasteiger partial charge in [0.1, 0.15) is 11.5 Å². The molecule has 0 aromatic heterocycles. The topological polar surface area (TPSA) is 65.7 Å². The van der Waals surface area contributed by atoms with Crippen LogP contribution in [0.25, 0.3) is 0 Å². The molecule has 2 rings (SSSR count). The van der Waals surface area contributed by atoms with Crippen molar-refractivity contribution < 1.29 is 14.2 Å². The van der Waals surface area contributed by atoms with Gasteiger partial charge in [0, 0.05) is 35.0 Å². The number of methoxy groups -OCH3 is 1. The monoisotopic (exact) mass is 384 g/mol. The van der Waals surface area contributed by atoms with Crippen molar-refractivity contribution in [3.63, 3.8) is 0 Å². The zero-order valence-electron chi connectivity index (χ0n) is 17.4. The predicted molar refractivity (Wildman–Crippen MR) is 114 cm³/mol. The molecule has 1 aromatic carbocycles. The van der Waals surface area contributed by atoms with E-state index in [-0.39, 0.29) is 5.92 Å². The molecule has 0 saturated carbocycles. The highest BCUT2D eigenvalue weighted by Crippen LogP contribution is 2.44. The minimum atomic E-state index is -0.120. The summed E-state index contributed by atoms with van der Waals surface area (Å²) in [6, 6.07) is 8.30. The second-order valence-electron chi connectivity index (χ2n) is 6.67. The summed E-state index contributed by atoms with van der Waals surface area (Å²) in [6.07, 6.45) is 0. The van der Waals surface area contributed by atoms with E-state index in [1.807, 2.05) is 26.0 Å². The minimum absolute atomic E-state index is 0.120. The Balaban J connectivity index is 2.67. The number of dihydropyridines is 1. The standard InChI is InChI=1S/C23H32N2O3/c1-7-28-18(5)22-20(14-27-13-12-24)25-16(3)21(17(4)26-6)23(22)19-11-9-8-10-15(19)2/h8-11,23,25H,4-5,7,12-14,24H2,1-3,6H3. The highest BCUT2D eigenvalue weighted by atomic mass is 16.5. The summed E-state index contributed by atoms with van der Waals surface area (Å²) in [5, 5.41) is 3.46. The van der Waals surface area contributed by atoms with E-state index in [0.717, 1.165) is 28.1 Å². The first-order valence-electron chi connectivity index (χ1n) is 9.55. The fraction of sp³-hybridized carbons (Fsp3) is 0.391. The third-order valence-corrected chi connectivity index (χ3v) is 4.82. The number of ether oxygens (including phenoxy) is 3. The van der Waals surface area contributed by atoms with Gasteiger partial charge in [-0.05, 0) is 31.9 Å². The Kier molecular flexibility index (Phi) is 7.91. The van der Waals surface area contributed by atoms with E-state index in [9.17, 15) is 0 Å². The lowest BCUT2D eigenvalue weighted by Gasteiger charge is -2.35. The largest absolute Gasteiger partial charge is 0.497 e. The average molecular weight is 385 g/mol. The van der Waals surface area contributed by atoms with Crippen LogP contribution in [0.5, 0.6) is 0 Å². The average Bonchev–Trinajstić information content (AvgIpc) is 2.67. The highest BCUT2D eigenvalue weighted by molar-refractivity contribution is 5.57. The van der Waals surface area contributed by atoms with Crippen molar-refractivity contribution in [2.75, 3.05) is 33.5 Å². The molecule has 5 nitrogen and oxygen atoms in total. The van der Waals surface area contributed by atoms with Crippen molar-refractivity contribution in [2.24, 2.45) is 5.73 Å². The summed E-state index contributed by atoms with van der Waals surface area (Å²) in [4.78, 5) is 0. The maximum Gasteiger partial charge on any atom is 0.118 e. The lowest BCUT2D eigenvalue weighted by Crippen LogP contribution is -2.30. The van der Waals surface area contributed by atoms with Crippen molar-refractivity contribution >= 4 is 0 Å². The van der Waals surface area contributed by atoms with Crippen molar-refractivity contribution in [3.05, 3.63) is 82.6 Å². The number of allylic oxidation sites excluding steroid dienone is 3. The molecule has 1 aliphatic heterocycles. The quantitative estimate of drug-likeness (QED) is 0.473. The van der Waals surface area contributed by atoms with Crippen molar-refractivity contribution in [1.29, 1.82) is 0 Å². The Morgan fingerprint density at radius 3 is 2.46 bits per heavy atom. The number of aryl methyl sites for hydroxylation is 1. The molecule has 0 spiro atoms. The van der Waals surface area contributed by atoms with Crippen molar-refractivity contribution in [3.8, 4) is 0 Å². The molecule has 0 bridgehead atoms. The van der Waals surface area contributed by atoms with Crippen LogP contribution >= 0.6 is 0 Å². The van der Waals surface area contributed by atoms with Crippen LogP contribution in [0.1, 0.15) is 30.9 Å². The molecule has 1 heterocycles. The molecule has 152 valence electrons. The first kappa shape index (κ1) is 21.8. The SMILES string of the molecule is C=C(OC)C1=C(C)NC(COCCN)=C(C(=C)OCC)C1c1ccccc1C. The smallest absolute Gasteiger partial charge is 0.118 e. The Hall–Kier alpha value is -2.50. The van der Waals surface area contributed by atoms with Gasteiger partial charge in [-0.3, -0.25) is 0 Å². The summed E-state index contributed by atoms with van der Waals surface area (Å²) < 4.78 is 17.1. The Morgan fingerprint density at radius 2 is 1.86 bits per heavy atom. The number of nitrogens with one attached hydrogen (secondary N) is 1. The maximum absolute atomic E-state index is 5.84. The summed E-state index contributed by atoms with van der Waals surface area (Å²) in [7, 11) is 1.64. The first-order valence-corrected chi connectivity index (χ1v) is 9.55. The molecule has 0 fully saturated rings. The normalized spacial score (nSPS) is 16.7. The van der Waals surface area contributed by atoms with Crippen LogP contribution < -0.4 is 11.1 Å². The summed E-state index contributed by atoms with van der Waals surface area (Å²) in [5.41, 5.74) is 11.7. The fourth-order valence-electron chi connectivity index (χ4n) is 3.55. The molecule has 0 aliphatic carbocycles. The van der Waals surface area contributed by atoms with E-state index in [1.165, 1.54) is 5.56 Å². The van der Waals surface area contributed by atoms with E-state index in [0.29, 0.717) is 37.9 Å². The first-order chi connectivity index (χ1) is 13.5. The van der Waals surface area contributed by atoms with Crippen LogP contribution in [0.2, 0.25) is 0 Å². The van der Waals surface area contributed by atoms with Gasteiger partial charge in [-0.1, -0.05) is 37.4 Å². The molecular weight excluding hydrogens is 352 g/mol. The van der Waals surface area contributed by atoms with Crippen LogP contribution in [0.4, 0.5) is 0 Å². The third kappa shape index (κ3) is 4.66. The van der Waals surface area contributed by atoms with Gasteiger partial charge in [0.25, 0.3) is 0 Å². The zero-order valence-corrected chi connectivity index (χ0v) is 17.4. The van der Waals surface area contributed by atoms with E-state index < -0.39 is 0 Å². The Morgan fingerprint density at radius 1 is 1.14 bits per heavy atom. The second kappa shape index (κ2) is 10.2. The maximum atomic E-state index is 5.84. The van der Waals surface area contributed by atoms with Crippen LogP contribution in [0.15, 0.2) is 71.5 Å². The van der Waals surface area contributed by atoms with Gasteiger partial charge < -0.3 is 25.3 Å². The molecule has 1 aromatic rings. The fourth-order valence-corrected chi connectivity index (χ4v) is 3.55. The summed E-state index contributed by atoms with van der Waals surface area (Å²) >= 11 is 0. The number of benzene rings is 1. The van der Waals surface area contributed by atoms with E-state index in [2.05, 4.69) is 37.5 Å². The van der Waals surface area contributed by atoms with Crippen LogP contribution in [0, 0.1) is 6.92 Å². The van der Waals surface area contributed by atoms with Gasteiger partial charge in [0.15, 0.2) is 0 Å². The third-order valence-electron chi connectivity index (χ3n) is 4.82. The number of nitrogens with two attached hydrogens (primary N) is 1. The van der Waals surface area contributed by atoms with Gasteiger partial charge >= 0.3 is 0 Å². The van der Waals surface area contributed by atoms with Gasteiger partial charge in [-0.2, -0.15) is 0 Å². The zero-order chi connectivity index (χ0) is 20.7. The highest BCUT2D eigenvalue weighted by Gasteiger charge is 2.35. The minimum Gasteiger partial charge on any atom is -0.497 e. The molecule has 0 radical (unpaired) electrons. The summed E-state index contributed by atoms with van der Waals surface area (Å²) in [6.45, 7) is 16.3. The van der Waals surface area contributed by atoms with Gasteiger partial charge in [0.05, 0.1) is 26.9 Å². The summed E-state index contributed by atoms with van der Waals surface area (Å²) in [5.74, 6) is 1.11. The molecule has 1 atom stereocenters. The van der Waals surface area contributed by atoms with E-state index in [1.54, 1.807) is 7.11 Å². The van der Waals surface area contributed by atoms with Crippen molar-refractivity contribution in [2.45, 2.75) is 26.7 Å². The lowest BCUT2D eigenvalue weighted by atomic mass is 9.77. The molecular formula is C23H32N2O3. The molecule has 1 unspecified atom stereocenters. The van der Waals surface area contributed by atoms with E-state index in [4.69, 9.17) is 19.9 Å². The molecule has 0 amide bonds. The van der Waals surface area contributed by atoms with Gasteiger partial charge in [-0.15, -0.1) is 0 Å². The van der Waals surface area contributed by atoms with Crippen LogP contribution in [-0.2, 0) is 14.2 Å². The van der Waals surface area contributed by atoms with E-state index >= 15 is 0 Å². The number of hydrogen-bond donors (Lipinski definition) is 2. The molecule has 3 N–H and O–H groups in total. The Labute approximate surface area is 168 Å².